The van der Waals surface area contributed by atoms with E-state index < -0.39 is 33.0 Å². The smallest absolute Gasteiger partial charge is 1.00 e. The van der Waals surface area contributed by atoms with E-state index in [2.05, 4.69) is 151 Å². The van der Waals surface area contributed by atoms with Crippen LogP contribution in [0.15, 0.2) is 155 Å². The van der Waals surface area contributed by atoms with Gasteiger partial charge in [0.2, 0.25) is 0 Å². The number of benzene rings is 6. The van der Waals surface area contributed by atoms with E-state index in [1.54, 1.807) is 6.07 Å². The van der Waals surface area contributed by atoms with E-state index in [9.17, 15) is 13.2 Å². The Morgan fingerprint density at radius 2 is 1.14 bits per heavy atom. The van der Waals surface area contributed by atoms with Crippen molar-refractivity contribution in [2.45, 2.75) is 71.4 Å². The van der Waals surface area contributed by atoms with Gasteiger partial charge in [0.25, 0.3) is 0 Å². The van der Waals surface area contributed by atoms with E-state index in [1.807, 2.05) is 24.3 Å². The summed E-state index contributed by atoms with van der Waals surface area (Å²) in [6, 6.07) is 45.1. The SMILES string of the molecule is CC(C)(C)c1cc2c(cc1-c1ccccc1)Cc1c-2cc(C(C)(C)C)c(-c2ccccc2)[c]1/[Zr+2]([C]1=CC=CC1)=[C](/c1ccccc1)c1cccc(C(F)(F)F)c1.[Cl-].[Cl-]. The summed E-state index contributed by atoms with van der Waals surface area (Å²) in [6.07, 6.45) is 3.76. The van der Waals surface area contributed by atoms with Crippen LogP contribution in [0.5, 0.6) is 0 Å². The Morgan fingerprint density at radius 3 is 1.71 bits per heavy atom. The number of rotatable bonds is 6. The molecule has 294 valence electrons. The molecule has 0 heterocycles. The van der Waals surface area contributed by atoms with Crippen LogP contribution in [0.25, 0.3) is 33.4 Å². The zero-order valence-corrected chi connectivity index (χ0v) is 37.7. The fourth-order valence-electron chi connectivity index (χ4n) is 8.62. The van der Waals surface area contributed by atoms with Crippen LogP contribution in [0.4, 0.5) is 13.2 Å². The van der Waals surface area contributed by atoms with E-state index in [0.29, 0.717) is 5.56 Å². The third-order valence-corrected chi connectivity index (χ3v) is 19.0. The molecule has 0 saturated heterocycles. The first-order chi connectivity index (χ1) is 26.7. The summed E-state index contributed by atoms with van der Waals surface area (Å²) in [7, 11) is 0. The van der Waals surface area contributed by atoms with Crippen LogP contribution in [-0.4, -0.2) is 3.21 Å². The topological polar surface area (TPSA) is 0 Å². The Bertz CT molecular complexity index is 2550. The molecule has 2 aliphatic carbocycles. The summed E-state index contributed by atoms with van der Waals surface area (Å²) in [5.74, 6) is 0. The van der Waals surface area contributed by atoms with Crippen molar-refractivity contribution in [2.75, 3.05) is 0 Å². The zero-order valence-electron chi connectivity index (χ0n) is 33.7. The van der Waals surface area contributed by atoms with Crippen LogP contribution >= 0.6 is 0 Å². The molecule has 0 atom stereocenters. The summed E-state index contributed by atoms with van der Waals surface area (Å²) in [5.41, 5.74) is 13.4. The average Bonchev–Trinajstić information content (AvgIpc) is 3.84. The molecule has 58 heavy (non-hydrogen) atoms. The maximum absolute atomic E-state index is 14.5. The Kier molecular flexibility index (Phi) is 12.7. The zero-order chi connectivity index (χ0) is 39.4. The number of hydrogen-bond acceptors (Lipinski definition) is 0. The minimum atomic E-state index is -4.46. The minimum Gasteiger partial charge on any atom is -1.00 e. The second-order valence-corrected chi connectivity index (χ2v) is 23.1. The van der Waals surface area contributed by atoms with Crippen molar-refractivity contribution in [3.8, 4) is 33.4 Å². The van der Waals surface area contributed by atoms with Crippen LogP contribution in [0.2, 0.25) is 0 Å². The van der Waals surface area contributed by atoms with Crippen LogP contribution in [0, 0.1) is 0 Å². The summed E-state index contributed by atoms with van der Waals surface area (Å²) in [4.78, 5) is 0. The van der Waals surface area contributed by atoms with Crippen molar-refractivity contribution in [2.24, 2.45) is 0 Å². The van der Waals surface area contributed by atoms with Crippen LogP contribution < -0.4 is 28.1 Å². The third kappa shape index (κ3) is 8.36. The van der Waals surface area contributed by atoms with Gasteiger partial charge in [-0.05, 0) is 0 Å². The predicted molar refractivity (Wildman–Crippen MR) is 226 cm³/mol. The molecule has 6 aromatic carbocycles. The summed E-state index contributed by atoms with van der Waals surface area (Å²) in [5, 5.41) is 0. The number of halogens is 5. The first kappa shape index (κ1) is 43.5. The van der Waals surface area contributed by atoms with Gasteiger partial charge >= 0.3 is 340 Å². The first-order valence-corrected chi connectivity index (χ1v) is 23.2. The van der Waals surface area contributed by atoms with E-state index >= 15 is 0 Å². The molecule has 0 fully saturated rings. The van der Waals surface area contributed by atoms with Gasteiger partial charge in [0, 0.05) is 0 Å². The second kappa shape index (κ2) is 16.9. The number of fused-ring (bicyclic) bond motifs is 3. The van der Waals surface area contributed by atoms with Crippen molar-refractivity contribution >= 4 is 6.48 Å². The molecule has 0 unspecified atom stereocenters. The maximum Gasteiger partial charge on any atom is -1.00 e. The summed E-state index contributed by atoms with van der Waals surface area (Å²) in [6.45, 7) is 13.8. The molecule has 0 nitrogen and oxygen atoms in total. The Hall–Kier alpha value is -4.08. The van der Waals surface area contributed by atoms with E-state index in [0.717, 1.165) is 27.2 Å². The van der Waals surface area contributed by atoms with Gasteiger partial charge in [-0.3, -0.25) is 0 Å². The normalized spacial score (nSPS) is 13.5. The Balaban J connectivity index is 0.00000283. The molecule has 0 N–H and O–H groups in total. The molecule has 0 saturated carbocycles. The van der Waals surface area contributed by atoms with Crippen LogP contribution in [0.1, 0.15) is 86.9 Å². The number of alkyl halides is 3. The largest absolute Gasteiger partial charge is 1.00 e. The van der Waals surface area contributed by atoms with Crippen LogP contribution in [0.3, 0.4) is 0 Å². The molecule has 2 aliphatic rings. The van der Waals surface area contributed by atoms with Crippen molar-refractivity contribution in [3.63, 3.8) is 0 Å². The second-order valence-electron chi connectivity index (χ2n) is 17.2. The molecule has 0 radical (unpaired) electrons. The first-order valence-electron chi connectivity index (χ1n) is 19.5. The molecule has 0 aromatic heterocycles. The standard InChI is InChI=1S/C33H33.C14H9F3.C5H5.2ClH.Zr/c1-32(2,3)30-20-26-24(18-28(30)22-13-9-7-10-14-22)17-25-19-29(23-15-11-8-12-16-23)31(21-27(25)26)33(4,5)6;15-14(16,17)13-8-4-7-12(10-13)9-11-5-2-1-3-6-11;1-2-4-5-3-1;;;/h7-16,18,20-21H,17H2,1-6H3;1-8,10H;1-3H,4H2;2*1H;/q;;;;;+2/p-2. The van der Waals surface area contributed by atoms with Gasteiger partial charge in [0.1, 0.15) is 0 Å². The molecule has 0 aliphatic heterocycles. The predicted octanol–water partition coefficient (Wildman–Crippen LogP) is 7.57. The fourth-order valence-corrected chi connectivity index (χ4v) is 17.1. The molecule has 0 spiro atoms. The molecule has 0 bridgehead atoms. The van der Waals surface area contributed by atoms with E-state index in [1.165, 1.54) is 68.8 Å². The average molecular weight is 891 g/mol. The fraction of sp³-hybridized carbons (Fsp3) is 0.212. The Labute approximate surface area is 361 Å². The van der Waals surface area contributed by atoms with Gasteiger partial charge < -0.3 is 24.8 Å². The van der Waals surface area contributed by atoms with Crippen molar-refractivity contribution in [1.82, 2.24) is 0 Å². The van der Waals surface area contributed by atoms with Gasteiger partial charge in [-0.1, -0.05) is 0 Å². The molecule has 8 rings (SSSR count). The summed E-state index contributed by atoms with van der Waals surface area (Å²) < 4.78 is 47.4. The van der Waals surface area contributed by atoms with E-state index in [-0.39, 0.29) is 35.6 Å². The number of hydrogen-bond donors (Lipinski definition) is 0. The molecular formula is C52H47Cl2F3Zr. The van der Waals surface area contributed by atoms with Crippen molar-refractivity contribution in [1.29, 1.82) is 0 Å². The number of allylic oxidation sites excluding steroid dienone is 4. The third-order valence-electron chi connectivity index (χ3n) is 11.2. The van der Waals surface area contributed by atoms with Gasteiger partial charge in [-0.15, -0.1) is 0 Å². The monoisotopic (exact) mass is 888 g/mol. The Morgan fingerprint density at radius 1 is 0.569 bits per heavy atom. The molecular weight excluding hydrogens is 844 g/mol. The van der Waals surface area contributed by atoms with E-state index in [4.69, 9.17) is 0 Å². The van der Waals surface area contributed by atoms with Gasteiger partial charge in [0.15, 0.2) is 0 Å². The quantitative estimate of drug-likeness (QED) is 0.162. The minimum absolute atomic E-state index is 0. The van der Waals surface area contributed by atoms with Gasteiger partial charge in [-0.25, -0.2) is 0 Å². The van der Waals surface area contributed by atoms with Crippen molar-refractivity contribution < 1.29 is 59.3 Å². The molecule has 6 aromatic rings. The van der Waals surface area contributed by atoms with Gasteiger partial charge in [0.05, 0.1) is 0 Å². The summed E-state index contributed by atoms with van der Waals surface area (Å²) >= 11 is -3.46. The van der Waals surface area contributed by atoms with Crippen LogP contribution in [-0.2, 0) is 44.7 Å². The van der Waals surface area contributed by atoms with Crippen molar-refractivity contribution in [3.05, 3.63) is 194 Å². The maximum atomic E-state index is 14.5. The van der Waals surface area contributed by atoms with Gasteiger partial charge in [-0.2, -0.15) is 0 Å². The molecule has 0 amide bonds. The molecule has 6 heteroatoms.